The fourth-order valence-electron chi connectivity index (χ4n) is 1.59. The van der Waals surface area contributed by atoms with E-state index in [1.807, 2.05) is 0 Å². The summed E-state index contributed by atoms with van der Waals surface area (Å²) < 4.78 is 98.0. The molecule has 0 saturated heterocycles. The smallest absolute Gasteiger partial charge is 0.462 e. The van der Waals surface area contributed by atoms with E-state index in [0.717, 1.165) is 0 Å². The maximum atomic E-state index is 13.1. The summed E-state index contributed by atoms with van der Waals surface area (Å²) in [6.45, 7) is 3.89. The zero-order valence-electron chi connectivity index (χ0n) is 13.1. The molecule has 0 saturated carbocycles. The van der Waals surface area contributed by atoms with Crippen LogP contribution in [0.5, 0.6) is 11.5 Å². The largest absolute Gasteiger partial charge is 0.494 e. The molecule has 0 heterocycles. The van der Waals surface area contributed by atoms with E-state index >= 15 is 0 Å². The Hall–Kier alpha value is -2.20. The minimum atomic E-state index is -6.44. The van der Waals surface area contributed by atoms with Gasteiger partial charge in [0, 0.05) is 11.6 Å². The highest BCUT2D eigenvalue weighted by Crippen LogP contribution is 2.45. The van der Waals surface area contributed by atoms with Gasteiger partial charge in [-0.25, -0.2) is 5.43 Å². The molecule has 1 rings (SSSR count). The van der Waals surface area contributed by atoms with E-state index in [0.29, 0.717) is 24.0 Å². The molecule has 0 spiro atoms. The number of alkyl halides is 7. The van der Waals surface area contributed by atoms with E-state index in [-0.39, 0.29) is 17.9 Å². The summed E-state index contributed by atoms with van der Waals surface area (Å²) in [6.07, 6.45) is -5.80. The summed E-state index contributed by atoms with van der Waals surface area (Å²) >= 11 is 0. The first-order valence-electron chi connectivity index (χ1n) is 6.98. The first-order valence-corrected chi connectivity index (χ1v) is 6.98. The summed E-state index contributed by atoms with van der Waals surface area (Å²) in [7, 11) is 0. The van der Waals surface area contributed by atoms with Crippen molar-refractivity contribution in [3.05, 3.63) is 23.8 Å². The van der Waals surface area contributed by atoms with Crippen LogP contribution in [0.4, 0.5) is 30.7 Å². The third-order valence-corrected chi connectivity index (χ3v) is 2.75. The number of hydrazone groups is 1. The maximum Gasteiger partial charge on any atom is 0.462 e. The molecule has 1 N–H and O–H groups in total. The van der Waals surface area contributed by atoms with Gasteiger partial charge in [-0.2, -0.15) is 35.8 Å². The highest BCUT2D eigenvalue weighted by atomic mass is 19.4. The second kappa shape index (κ2) is 7.79. The summed E-state index contributed by atoms with van der Waals surface area (Å²) in [5.74, 6) is -5.77. The molecule has 1 aromatic carbocycles. The topological polar surface area (TPSA) is 42.8 Å². The number of hydrogen-bond acceptors (Lipinski definition) is 4. The van der Waals surface area contributed by atoms with Gasteiger partial charge in [-0.15, -0.1) is 0 Å². The lowest BCUT2D eigenvalue weighted by atomic mass is 10.2. The van der Waals surface area contributed by atoms with Crippen LogP contribution in [0.3, 0.4) is 0 Å². The van der Waals surface area contributed by atoms with Crippen LogP contribution in [0, 0.1) is 0 Å². The van der Waals surface area contributed by atoms with Gasteiger partial charge in [0.1, 0.15) is 11.5 Å². The van der Waals surface area contributed by atoms with Gasteiger partial charge in [0.05, 0.1) is 19.4 Å². The maximum absolute atomic E-state index is 13.1. The van der Waals surface area contributed by atoms with Crippen molar-refractivity contribution in [3.63, 3.8) is 0 Å². The monoisotopic (exact) mass is 376 g/mol. The van der Waals surface area contributed by atoms with E-state index in [1.165, 1.54) is 18.2 Å². The lowest BCUT2D eigenvalue weighted by Crippen LogP contribution is -2.58. The number of ether oxygens (including phenoxy) is 2. The molecule has 0 amide bonds. The number of benzene rings is 1. The average molecular weight is 376 g/mol. The van der Waals surface area contributed by atoms with E-state index in [2.05, 4.69) is 5.10 Å². The van der Waals surface area contributed by atoms with Crippen LogP contribution in [0.15, 0.2) is 23.3 Å². The van der Waals surface area contributed by atoms with E-state index < -0.39 is 18.1 Å². The van der Waals surface area contributed by atoms with E-state index in [1.54, 1.807) is 13.8 Å². The second-order valence-corrected chi connectivity index (χ2v) is 4.58. The van der Waals surface area contributed by atoms with Crippen molar-refractivity contribution in [2.45, 2.75) is 32.0 Å². The van der Waals surface area contributed by atoms with Gasteiger partial charge in [0.25, 0.3) is 0 Å². The van der Waals surface area contributed by atoms with Crippen molar-refractivity contribution in [1.82, 2.24) is 5.43 Å². The normalized spacial score (nSPS) is 13.2. The van der Waals surface area contributed by atoms with Crippen molar-refractivity contribution in [2.24, 2.45) is 5.10 Å². The number of nitrogens with zero attached hydrogens (tertiary/aromatic N) is 1. The Labute approximate surface area is 138 Å². The molecule has 0 atom stereocenters. The fourth-order valence-corrected chi connectivity index (χ4v) is 1.59. The standard InChI is InChI=1S/C14H15F7N2O2/c1-3-24-10-6-5-9(11(7-10)25-4-2)8-22-23-14(20,21)12(15,16)13(17,18)19/h5-8,23H,3-4H2,1-2H3/b22-8+. The molecule has 0 radical (unpaired) electrons. The van der Waals surface area contributed by atoms with Gasteiger partial charge in [-0.3, -0.25) is 0 Å². The van der Waals surface area contributed by atoms with Crippen LogP contribution in [0.2, 0.25) is 0 Å². The van der Waals surface area contributed by atoms with E-state index in [4.69, 9.17) is 9.47 Å². The molecule has 0 aliphatic heterocycles. The van der Waals surface area contributed by atoms with Gasteiger partial charge in [-0.05, 0) is 26.0 Å². The number of halogens is 7. The molecule has 0 bridgehead atoms. The molecule has 142 valence electrons. The van der Waals surface area contributed by atoms with E-state index in [9.17, 15) is 30.7 Å². The quantitative estimate of drug-likeness (QED) is 0.320. The minimum Gasteiger partial charge on any atom is -0.494 e. The second-order valence-electron chi connectivity index (χ2n) is 4.58. The molecule has 25 heavy (non-hydrogen) atoms. The number of nitrogens with one attached hydrogen (secondary N) is 1. The first-order chi connectivity index (χ1) is 11.5. The van der Waals surface area contributed by atoms with Gasteiger partial charge < -0.3 is 9.47 Å². The molecule has 11 heteroatoms. The zero-order chi connectivity index (χ0) is 19.3. The summed E-state index contributed by atoms with van der Waals surface area (Å²) in [5, 5.41) is 2.79. The lowest BCUT2D eigenvalue weighted by Gasteiger charge is -2.27. The summed E-state index contributed by atoms with van der Waals surface area (Å²) in [6, 6.07) is -1.48. The average Bonchev–Trinajstić information content (AvgIpc) is 2.48. The van der Waals surface area contributed by atoms with Crippen LogP contribution < -0.4 is 14.9 Å². The molecule has 0 aliphatic carbocycles. The Balaban J connectivity index is 2.98. The predicted octanol–water partition coefficient (Wildman–Crippen LogP) is 4.20. The molecule has 1 aromatic rings. The Bertz CT molecular complexity index is 603. The Morgan fingerprint density at radius 3 is 2.12 bits per heavy atom. The first kappa shape index (κ1) is 20.8. The fraction of sp³-hybridized carbons (Fsp3) is 0.500. The van der Waals surface area contributed by atoms with Gasteiger partial charge in [0.15, 0.2) is 0 Å². The van der Waals surface area contributed by atoms with Crippen molar-refractivity contribution >= 4 is 6.21 Å². The molecule has 0 aliphatic rings. The highest BCUT2D eigenvalue weighted by Gasteiger charge is 2.73. The third-order valence-electron chi connectivity index (χ3n) is 2.75. The SMILES string of the molecule is CCOc1ccc(/C=N/NC(F)(F)C(F)(F)C(F)(F)F)c(OCC)c1. The van der Waals surface area contributed by atoms with Crippen molar-refractivity contribution in [2.75, 3.05) is 13.2 Å². The Morgan fingerprint density at radius 2 is 1.60 bits per heavy atom. The van der Waals surface area contributed by atoms with Gasteiger partial charge in [0.2, 0.25) is 0 Å². The predicted molar refractivity (Wildman–Crippen MR) is 75.5 cm³/mol. The molecule has 0 fully saturated rings. The number of hydrogen-bond donors (Lipinski definition) is 1. The third kappa shape index (κ3) is 4.89. The highest BCUT2D eigenvalue weighted by molar-refractivity contribution is 5.83. The molecular weight excluding hydrogens is 361 g/mol. The lowest BCUT2D eigenvalue weighted by molar-refractivity contribution is -0.361. The molecule has 0 aromatic heterocycles. The van der Waals surface area contributed by atoms with Crippen molar-refractivity contribution in [1.29, 1.82) is 0 Å². The van der Waals surface area contributed by atoms with Crippen molar-refractivity contribution in [3.8, 4) is 11.5 Å². The van der Waals surface area contributed by atoms with Crippen LogP contribution in [-0.2, 0) is 0 Å². The van der Waals surface area contributed by atoms with Crippen LogP contribution in [0.25, 0.3) is 0 Å². The Kier molecular flexibility index (Phi) is 6.49. The van der Waals surface area contributed by atoms with Crippen LogP contribution in [-0.4, -0.2) is 37.6 Å². The molecular formula is C14H15F7N2O2. The van der Waals surface area contributed by atoms with Gasteiger partial charge in [-0.1, -0.05) is 0 Å². The molecule has 0 unspecified atom stereocenters. The van der Waals surface area contributed by atoms with Gasteiger partial charge >= 0.3 is 18.1 Å². The van der Waals surface area contributed by atoms with Crippen LogP contribution in [0.1, 0.15) is 19.4 Å². The summed E-state index contributed by atoms with van der Waals surface area (Å²) in [5.41, 5.74) is 0.616. The van der Waals surface area contributed by atoms with Crippen molar-refractivity contribution < 1.29 is 40.2 Å². The Morgan fingerprint density at radius 1 is 1.00 bits per heavy atom. The summed E-state index contributed by atoms with van der Waals surface area (Å²) in [4.78, 5) is 0. The zero-order valence-corrected chi connectivity index (χ0v) is 13.1. The van der Waals surface area contributed by atoms with Crippen LogP contribution >= 0.6 is 0 Å². The molecule has 4 nitrogen and oxygen atoms in total. The number of rotatable bonds is 8. The minimum absolute atomic E-state index is 0.0731.